The van der Waals surface area contributed by atoms with Gasteiger partial charge < -0.3 is 4.90 Å². The van der Waals surface area contributed by atoms with E-state index < -0.39 is 7.92 Å². The molecule has 0 aliphatic rings. The average molecular weight is 482 g/mol. The highest BCUT2D eigenvalue weighted by Gasteiger charge is 2.24. The second kappa shape index (κ2) is 9.61. The van der Waals surface area contributed by atoms with E-state index in [1.54, 1.807) is 0 Å². The van der Waals surface area contributed by atoms with Crippen molar-refractivity contribution in [2.24, 2.45) is 0 Å². The molecule has 0 aliphatic carbocycles. The smallest absolute Gasteiger partial charge is 0.0447 e. The summed E-state index contributed by atoms with van der Waals surface area (Å²) in [5.41, 5.74) is 3.89. The van der Waals surface area contributed by atoms with Gasteiger partial charge in [0.2, 0.25) is 0 Å². The lowest BCUT2D eigenvalue weighted by atomic mass is 9.92. The van der Waals surface area contributed by atoms with Crippen LogP contribution in [-0.4, -0.2) is 14.1 Å². The van der Waals surface area contributed by atoms with Gasteiger partial charge >= 0.3 is 0 Å². The van der Waals surface area contributed by atoms with Gasteiger partial charge in [0.15, 0.2) is 0 Å². The quantitative estimate of drug-likeness (QED) is 0.231. The molecule has 0 aromatic heterocycles. The Kier molecular flexibility index (Phi) is 6.01. The van der Waals surface area contributed by atoms with Gasteiger partial charge in [0.1, 0.15) is 0 Å². The van der Waals surface area contributed by atoms with E-state index in [0.29, 0.717) is 0 Å². The van der Waals surface area contributed by atoms with Gasteiger partial charge in [-0.25, -0.2) is 0 Å². The van der Waals surface area contributed by atoms with Gasteiger partial charge in [0.25, 0.3) is 0 Å². The normalized spacial score (nSPS) is 11.3. The lowest BCUT2D eigenvalue weighted by Gasteiger charge is -2.27. The Morgan fingerprint density at radius 1 is 0.444 bits per heavy atom. The van der Waals surface area contributed by atoms with Crippen LogP contribution in [0.3, 0.4) is 0 Å². The summed E-state index contributed by atoms with van der Waals surface area (Å²) < 4.78 is 0. The predicted octanol–water partition coefficient (Wildman–Crippen LogP) is 7.48. The fourth-order valence-corrected chi connectivity index (χ4v) is 7.66. The summed E-state index contributed by atoms with van der Waals surface area (Å²) in [6.07, 6.45) is 0. The largest absolute Gasteiger partial charge is 0.377 e. The first kappa shape index (κ1) is 22.5. The summed E-state index contributed by atoms with van der Waals surface area (Å²) in [6, 6.07) is 48.8. The number of anilines is 1. The zero-order valence-electron chi connectivity index (χ0n) is 20.6. The van der Waals surface area contributed by atoms with Gasteiger partial charge in [0, 0.05) is 30.9 Å². The van der Waals surface area contributed by atoms with Crippen molar-refractivity contribution in [2.75, 3.05) is 19.0 Å². The van der Waals surface area contributed by atoms with Crippen molar-refractivity contribution in [1.82, 2.24) is 0 Å². The molecule has 0 atom stereocenters. The molecule has 0 saturated heterocycles. The molecular formula is C34H28NP. The second-order valence-electron chi connectivity index (χ2n) is 9.26. The Hall–Kier alpha value is -3.93. The zero-order chi connectivity index (χ0) is 24.5. The highest BCUT2D eigenvalue weighted by Crippen LogP contribution is 2.45. The summed E-state index contributed by atoms with van der Waals surface area (Å²) in [5.74, 6) is 0. The molecule has 36 heavy (non-hydrogen) atoms. The van der Waals surface area contributed by atoms with Crippen LogP contribution in [0.5, 0.6) is 0 Å². The van der Waals surface area contributed by atoms with Crippen LogP contribution >= 0.6 is 7.92 Å². The maximum Gasteiger partial charge on any atom is 0.0447 e. The van der Waals surface area contributed by atoms with Crippen LogP contribution in [0.25, 0.3) is 32.7 Å². The predicted molar refractivity (Wildman–Crippen MR) is 160 cm³/mol. The fourth-order valence-electron chi connectivity index (χ4n) is 5.19. The van der Waals surface area contributed by atoms with E-state index in [1.165, 1.54) is 54.3 Å². The van der Waals surface area contributed by atoms with Crippen LogP contribution in [0.2, 0.25) is 0 Å². The van der Waals surface area contributed by atoms with Crippen LogP contribution in [0.4, 0.5) is 5.69 Å². The Balaban J connectivity index is 1.78. The first-order valence-corrected chi connectivity index (χ1v) is 13.7. The van der Waals surface area contributed by atoms with Gasteiger partial charge in [-0.15, -0.1) is 0 Å². The molecule has 6 aromatic carbocycles. The number of rotatable bonds is 5. The number of hydrogen-bond acceptors (Lipinski definition) is 1. The van der Waals surface area contributed by atoms with Crippen LogP contribution in [0.15, 0.2) is 133 Å². The van der Waals surface area contributed by atoms with Crippen molar-refractivity contribution in [3.63, 3.8) is 0 Å². The Labute approximate surface area is 214 Å². The van der Waals surface area contributed by atoms with Crippen LogP contribution in [0, 0.1) is 0 Å². The third-order valence-electron chi connectivity index (χ3n) is 6.82. The summed E-state index contributed by atoms with van der Waals surface area (Å²) in [4.78, 5) is 2.25. The first-order valence-electron chi connectivity index (χ1n) is 12.3. The molecule has 2 heteroatoms. The highest BCUT2D eigenvalue weighted by atomic mass is 31.1. The van der Waals surface area contributed by atoms with E-state index in [1.807, 2.05) is 0 Å². The third-order valence-corrected chi connectivity index (χ3v) is 9.30. The van der Waals surface area contributed by atoms with Crippen molar-refractivity contribution >= 4 is 51.1 Å². The molecule has 0 aliphatic heterocycles. The SMILES string of the molecule is CN(C)c1ccc2ccccc2c1-c1c(P(c2ccccc2)c2ccccc2)ccc2ccccc12. The summed E-state index contributed by atoms with van der Waals surface area (Å²) in [7, 11) is 3.53. The molecule has 0 N–H and O–H groups in total. The number of fused-ring (bicyclic) bond motifs is 2. The molecule has 0 unspecified atom stereocenters. The van der Waals surface area contributed by atoms with Gasteiger partial charge in [-0.3, -0.25) is 0 Å². The Morgan fingerprint density at radius 3 is 1.47 bits per heavy atom. The third kappa shape index (κ3) is 3.96. The van der Waals surface area contributed by atoms with Gasteiger partial charge in [-0.1, -0.05) is 127 Å². The molecule has 174 valence electrons. The van der Waals surface area contributed by atoms with Crippen molar-refractivity contribution in [1.29, 1.82) is 0 Å². The van der Waals surface area contributed by atoms with Crippen molar-refractivity contribution in [3.05, 3.63) is 133 Å². The van der Waals surface area contributed by atoms with Gasteiger partial charge in [-0.2, -0.15) is 0 Å². The van der Waals surface area contributed by atoms with E-state index >= 15 is 0 Å². The van der Waals surface area contributed by atoms with Crippen LogP contribution in [-0.2, 0) is 0 Å². The zero-order valence-corrected chi connectivity index (χ0v) is 21.5. The summed E-state index contributed by atoms with van der Waals surface area (Å²) >= 11 is 0. The topological polar surface area (TPSA) is 3.24 Å². The molecule has 0 radical (unpaired) electrons. The monoisotopic (exact) mass is 481 g/mol. The minimum atomic E-state index is -0.769. The minimum absolute atomic E-state index is 0.769. The molecular weight excluding hydrogens is 453 g/mol. The van der Waals surface area contributed by atoms with Gasteiger partial charge in [-0.05, 0) is 51.4 Å². The van der Waals surface area contributed by atoms with Crippen LogP contribution < -0.4 is 20.8 Å². The summed E-state index contributed by atoms with van der Waals surface area (Å²) in [5, 5.41) is 9.24. The van der Waals surface area contributed by atoms with E-state index in [-0.39, 0.29) is 0 Å². The maximum absolute atomic E-state index is 2.38. The molecule has 1 nitrogen and oxygen atoms in total. The fraction of sp³-hybridized carbons (Fsp3) is 0.0588. The summed E-state index contributed by atoms with van der Waals surface area (Å²) in [6.45, 7) is 0. The molecule has 0 spiro atoms. The molecule has 0 fully saturated rings. The average Bonchev–Trinajstić information content (AvgIpc) is 2.93. The molecule has 6 aromatic rings. The van der Waals surface area contributed by atoms with E-state index in [9.17, 15) is 0 Å². The molecule has 6 rings (SSSR count). The van der Waals surface area contributed by atoms with Crippen molar-refractivity contribution in [2.45, 2.75) is 0 Å². The highest BCUT2D eigenvalue weighted by molar-refractivity contribution is 7.80. The maximum atomic E-state index is 2.38. The van der Waals surface area contributed by atoms with E-state index in [2.05, 4.69) is 152 Å². The van der Waals surface area contributed by atoms with E-state index in [4.69, 9.17) is 0 Å². The number of benzene rings is 6. The standard InChI is InChI=1S/C34H28NP/c1-35(2)31-23-21-25-13-9-11-19-29(25)33(31)34-30-20-12-10-14-26(30)22-24-32(34)36(27-15-5-3-6-16-27)28-17-7-4-8-18-28/h3-24H,1-2H3. The number of hydrogen-bond donors (Lipinski definition) is 0. The molecule has 0 heterocycles. The lowest BCUT2D eigenvalue weighted by Crippen LogP contribution is -2.23. The Bertz CT molecular complexity index is 1620. The van der Waals surface area contributed by atoms with Crippen molar-refractivity contribution < 1.29 is 0 Å². The molecule has 0 amide bonds. The number of nitrogens with zero attached hydrogens (tertiary/aromatic N) is 1. The molecule has 0 bridgehead atoms. The lowest BCUT2D eigenvalue weighted by molar-refractivity contribution is 1.14. The Morgan fingerprint density at radius 2 is 0.917 bits per heavy atom. The van der Waals surface area contributed by atoms with E-state index in [0.717, 1.165) is 0 Å². The second-order valence-corrected chi connectivity index (χ2v) is 11.4. The van der Waals surface area contributed by atoms with Gasteiger partial charge in [0.05, 0.1) is 0 Å². The van der Waals surface area contributed by atoms with Crippen molar-refractivity contribution in [3.8, 4) is 11.1 Å². The first-order chi connectivity index (χ1) is 17.7. The molecule has 0 saturated carbocycles. The minimum Gasteiger partial charge on any atom is -0.377 e. The van der Waals surface area contributed by atoms with Crippen LogP contribution in [0.1, 0.15) is 0 Å².